The highest BCUT2D eigenvalue weighted by Crippen LogP contribution is 2.32. The summed E-state index contributed by atoms with van der Waals surface area (Å²) < 4.78 is 5.98. The van der Waals surface area contributed by atoms with Gasteiger partial charge in [-0.25, -0.2) is 9.97 Å². The second-order valence-corrected chi connectivity index (χ2v) is 3.85. The van der Waals surface area contributed by atoms with Crippen LogP contribution in [0.25, 0.3) is 10.8 Å². The molecule has 72 valence electrons. The highest BCUT2D eigenvalue weighted by Gasteiger charge is 2.10. The minimum Gasteiger partial charge on any atom is -0.480 e. The first kappa shape index (κ1) is 9.68. The van der Waals surface area contributed by atoms with Crippen LogP contribution in [-0.2, 0) is 0 Å². The lowest BCUT2D eigenvalue weighted by Crippen LogP contribution is -1.91. The summed E-state index contributed by atoms with van der Waals surface area (Å²) in [4.78, 5) is 8.07. The van der Waals surface area contributed by atoms with Crippen molar-refractivity contribution in [1.29, 1.82) is 0 Å². The second kappa shape index (κ2) is 3.71. The van der Waals surface area contributed by atoms with Crippen molar-refractivity contribution in [1.82, 2.24) is 9.97 Å². The van der Waals surface area contributed by atoms with E-state index in [0.29, 0.717) is 11.0 Å². The van der Waals surface area contributed by atoms with Crippen LogP contribution in [0.5, 0.6) is 5.88 Å². The van der Waals surface area contributed by atoms with Gasteiger partial charge in [-0.1, -0.05) is 11.6 Å². The Hall–Kier alpha value is -0.870. The molecule has 2 rings (SSSR count). The normalized spacial score (nSPS) is 10.5. The molecule has 0 bridgehead atoms. The van der Waals surface area contributed by atoms with Crippen molar-refractivity contribution in [3.63, 3.8) is 0 Å². The van der Waals surface area contributed by atoms with Crippen molar-refractivity contribution in [3.05, 3.63) is 28.1 Å². The van der Waals surface area contributed by atoms with E-state index in [1.807, 2.05) is 6.07 Å². The summed E-state index contributed by atoms with van der Waals surface area (Å²) in [6.45, 7) is 0. The van der Waals surface area contributed by atoms with Crippen molar-refractivity contribution in [2.24, 2.45) is 0 Å². The Kier molecular flexibility index (Phi) is 2.56. The van der Waals surface area contributed by atoms with Crippen LogP contribution in [0.15, 0.2) is 22.9 Å². The van der Waals surface area contributed by atoms with E-state index in [-0.39, 0.29) is 0 Å². The number of rotatable bonds is 1. The van der Waals surface area contributed by atoms with E-state index in [4.69, 9.17) is 16.3 Å². The predicted octanol–water partition coefficient (Wildman–Crippen LogP) is 3.05. The van der Waals surface area contributed by atoms with Gasteiger partial charge in [0, 0.05) is 22.3 Å². The molecule has 0 aliphatic heterocycles. The lowest BCUT2D eigenvalue weighted by molar-refractivity contribution is 0.403. The number of aromatic nitrogens is 2. The Morgan fingerprint density at radius 3 is 2.93 bits per heavy atom. The Labute approximate surface area is 94.2 Å². The molecule has 3 nitrogen and oxygen atoms in total. The lowest BCUT2D eigenvalue weighted by atomic mass is 10.2. The van der Waals surface area contributed by atoms with Crippen LogP contribution in [0.3, 0.4) is 0 Å². The third-order valence-corrected chi connectivity index (χ3v) is 2.78. The van der Waals surface area contributed by atoms with Crippen molar-refractivity contribution in [2.75, 3.05) is 7.11 Å². The second-order valence-electron chi connectivity index (χ2n) is 2.64. The molecule has 5 heteroatoms. The first-order valence-corrected chi connectivity index (χ1v) is 5.04. The number of fused-ring (bicyclic) bond motifs is 1. The SMILES string of the molecule is COc1ncc(Br)c2ccnc(Cl)c12. The molecule has 2 heterocycles. The molecule has 0 saturated carbocycles. The smallest absolute Gasteiger partial charge is 0.224 e. The van der Waals surface area contributed by atoms with E-state index in [1.54, 1.807) is 19.5 Å². The van der Waals surface area contributed by atoms with E-state index in [9.17, 15) is 0 Å². The van der Waals surface area contributed by atoms with Gasteiger partial charge < -0.3 is 4.74 Å². The van der Waals surface area contributed by atoms with Gasteiger partial charge in [0.1, 0.15) is 5.15 Å². The summed E-state index contributed by atoms with van der Waals surface area (Å²) in [5.41, 5.74) is 0. The molecule has 0 aliphatic rings. The summed E-state index contributed by atoms with van der Waals surface area (Å²) in [7, 11) is 1.55. The summed E-state index contributed by atoms with van der Waals surface area (Å²) in [6, 6.07) is 1.86. The van der Waals surface area contributed by atoms with Gasteiger partial charge >= 0.3 is 0 Å². The van der Waals surface area contributed by atoms with Gasteiger partial charge in [-0.15, -0.1) is 0 Å². The molecule has 0 atom stereocenters. The van der Waals surface area contributed by atoms with Gasteiger partial charge in [-0.3, -0.25) is 0 Å². The van der Waals surface area contributed by atoms with Gasteiger partial charge in [0.25, 0.3) is 0 Å². The van der Waals surface area contributed by atoms with Gasteiger partial charge in [0.05, 0.1) is 12.5 Å². The van der Waals surface area contributed by atoms with E-state index in [0.717, 1.165) is 15.2 Å². The average Bonchev–Trinajstić information content (AvgIpc) is 2.20. The molecular formula is C9H6BrClN2O. The van der Waals surface area contributed by atoms with E-state index >= 15 is 0 Å². The molecule has 2 aromatic heterocycles. The zero-order valence-electron chi connectivity index (χ0n) is 7.29. The molecule has 0 aromatic carbocycles. The maximum absolute atomic E-state index is 5.96. The van der Waals surface area contributed by atoms with Crippen LogP contribution < -0.4 is 4.74 Å². The number of ether oxygens (including phenoxy) is 1. The minimum absolute atomic E-state index is 0.396. The maximum atomic E-state index is 5.96. The van der Waals surface area contributed by atoms with Crippen LogP contribution in [-0.4, -0.2) is 17.1 Å². The third kappa shape index (κ3) is 1.44. The van der Waals surface area contributed by atoms with Crippen LogP contribution in [0.2, 0.25) is 5.15 Å². The summed E-state index contributed by atoms with van der Waals surface area (Å²) in [6.07, 6.45) is 3.33. The molecule has 0 spiro atoms. The number of nitrogens with zero attached hydrogens (tertiary/aromatic N) is 2. The standard InChI is InChI=1S/C9H6BrClN2O/c1-14-9-7-5(6(10)4-13-9)2-3-12-8(7)11/h2-4H,1H3. The Bertz CT molecular complexity index is 489. The Balaban J connectivity index is 2.92. The van der Waals surface area contributed by atoms with Crippen LogP contribution in [0.1, 0.15) is 0 Å². The fraction of sp³-hybridized carbons (Fsp3) is 0.111. The van der Waals surface area contributed by atoms with Crippen molar-refractivity contribution in [2.45, 2.75) is 0 Å². The first-order valence-electron chi connectivity index (χ1n) is 3.86. The summed E-state index contributed by atoms with van der Waals surface area (Å²) in [5.74, 6) is 0.487. The van der Waals surface area contributed by atoms with Gasteiger partial charge in [0.15, 0.2) is 0 Å². The lowest BCUT2D eigenvalue weighted by Gasteiger charge is -2.06. The minimum atomic E-state index is 0.396. The topological polar surface area (TPSA) is 35.0 Å². The average molecular weight is 274 g/mol. The van der Waals surface area contributed by atoms with Crippen molar-refractivity contribution >= 4 is 38.3 Å². The number of halogens is 2. The maximum Gasteiger partial charge on any atom is 0.224 e. The highest BCUT2D eigenvalue weighted by molar-refractivity contribution is 9.10. The van der Waals surface area contributed by atoms with E-state index < -0.39 is 0 Å². The number of hydrogen-bond donors (Lipinski definition) is 0. The molecule has 0 amide bonds. The number of methoxy groups -OCH3 is 1. The number of pyridine rings is 2. The van der Waals surface area contributed by atoms with E-state index in [2.05, 4.69) is 25.9 Å². The van der Waals surface area contributed by atoms with Crippen molar-refractivity contribution in [3.8, 4) is 5.88 Å². The Morgan fingerprint density at radius 2 is 2.21 bits per heavy atom. The van der Waals surface area contributed by atoms with Crippen LogP contribution in [0.4, 0.5) is 0 Å². The molecule has 0 radical (unpaired) electrons. The molecule has 0 unspecified atom stereocenters. The van der Waals surface area contributed by atoms with Crippen LogP contribution >= 0.6 is 27.5 Å². The largest absolute Gasteiger partial charge is 0.480 e. The van der Waals surface area contributed by atoms with Gasteiger partial charge in [-0.05, 0) is 22.0 Å². The fourth-order valence-electron chi connectivity index (χ4n) is 1.24. The molecule has 2 aromatic rings. The molecule has 0 saturated heterocycles. The fourth-order valence-corrected chi connectivity index (χ4v) is 1.91. The molecule has 0 aliphatic carbocycles. The zero-order chi connectivity index (χ0) is 10.1. The highest BCUT2D eigenvalue weighted by atomic mass is 79.9. The summed E-state index contributed by atoms with van der Waals surface area (Å²) in [5, 5.41) is 2.07. The number of hydrogen-bond acceptors (Lipinski definition) is 3. The van der Waals surface area contributed by atoms with Crippen LogP contribution in [0, 0.1) is 0 Å². The molecular weight excluding hydrogens is 267 g/mol. The zero-order valence-corrected chi connectivity index (χ0v) is 9.63. The molecule has 0 N–H and O–H groups in total. The summed E-state index contributed by atoms with van der Waals surface area (Å²) >= 11 is 9.35. The van der Waals surface area contributed by atoms with Gasteiger partial charge in [-0.2, -0.15) is 0 Å². The Morgan fingerprint density at radius 1 is 1.43 bits per heavy atom. The predicted molar refractivity (Wildman–Crippen MR) is 58.8 cm³/mol. The van der Waals surface area contributed by atoms with E-state index in [1.165, 1.54) is 0 Å². The van der Waals surface area contributed by atoms with Crippen molar-refractivity contribution < 1.29 is 4.74 Å². The quantitative estimate of drug-likeness (QED) is 0.749. The molecule has 14 heavy (non-hydrogen) atoms. The first-order chi connectivity index (χ1) is 6.74. The van der Waals surface area contributed by atoms with Gasteiger partial charge in [0.2, 0.25) is 5.88 Å². The molecule has 0 fully saturated rings. The third-order valence-electron chi connectivity index (χ3n) is 1.86. The monoisotopic (exact) mass is 272 g/mol.